The Morgan fingerprint density at radius 1 is 0.857 bits per heavy atom. The molecule has 0 aliphatic carbocycles. The molecule has 0 unspecified atom stereocenters. The van der Waals surface area contributed by atoms with Crippen LogP contribution in [0, 0.1) is 27.7 Å². The Morgan fingerprint density at radius 2 is 1.52 bits per heavy atom. The Balaban J connectivity index is 2.24. The van der Waals surface area contributed by atoms with Gasteiger partial charge in [0.05, 0.1) is 5.69 Å². The summed E-state index contributed by atoms with van der Waals surface area (Å²) in [6, 6.07) is 12.8. The van der Waals surface area contributed by atoms with Crippen LogP contribution in [-0.4, -0.2) is 9.55 Å². The molecule has 3 aromatic rings. The molecule has 0 saturated carbocycles. The fourth-order valence-electron chi connectivity index (χ4n) is 3.06. The minimum atomic E-state index is 1.00. The summed E-state index contributed by atoms with van der Waals surface area (Å²) in [6.07, 6.45) is 3.92. The SMILES string of the molecule is Cc1cc(C)c(-n2ccnc2-c2ccccc2C)c(C)c1. The first-order chi connectivity index (χ1) is 10.1. The molecule has 1 aromatic heterocycles. The quantitative estimate of drug-likeness (QED) is 0.659. The molecule has 0 saturated heterocycles. The van der Waals surface area contributed by atoms with E-state index in [2.05, 4.69) is 73.6 Å². The fourth-order valence-corrected chi connectivity index (χ4v) is 3.06. The van der Waals surface area contributed by atoms with Crippen LogP contribution in [0.1, 0.15) is 22.3 Å². The lowest BCUT2D eigenvalue weighted by molar-refractivity contribution is 1.03. The number of rotatable bonds is 2. The number of imidazole rings is 1. The second-order valence-corrected chi connectivity index (χ2v) is 5.68. The minimum absolute atomic E-state index is 1.00. The van der Waals surface area contributed by atoms with Crippen molar-refractivity contribution in [1.29, 1.82) is 0 Å². The van der Waals surface area contributed by atoms with Gasteiger partial charge in [-0.15, -0.1) is 0 Å². The molecule has 2 nitrogen and oxygen atoms in total. The summed E-state index contributed by atoms with van der Waals surface area (Å²) in [5.74, 6) is 1.00. The predicted octanol–water partition coefficient (Wildman–Crippen LogP) is 4.77. The van der Waals surface area contributed by atoms with Gasteiger partial charge < -0.3 is 0 Å². The maximum Gasteiger partial charge on any atom is 0.144 e. The Kier molecular flexibility index (Phi) is 3.38. The van der Waals surface area contributed by atoms with E-state index in [1.54, 1.807) is 0 Å². The minimum Gasteiger partial charge on any atom is -0.299 e. The van der Waals surface area contributed by atoms with Crippen molar-refractivity contribution in [2.75, 3.05) is 0 Å². The van der Waals surface area contributed by atoms with E-state index >= 15 is 0 Å². The first kappa shape index (κ1) is 13.6. The van der Waals surface area contributed by atoms with E-state index < -0.39 is 0 Å². The molecule has 0 radical (unpaired) electrons. The number of aryl methyl sites for hydroxylation is 4. The molecule has 2 heteroatoms. The van der Waals surface area contributed by atoms with Crippen molar-refractivity contribution in [3.63, 3.8) is 0 Å². The van der Waals surface area contributed by atoms with Crippen molar-refractivity contribution in [1.82, 2.24) is 9.55 Å². The van der Waals surface area contributed by atoms with Gasteiger partial charge in [-0.1, -0.05) is 42.0 Å². The van der Waals surface area contributed by atoms with Gasteiger partial charge in [0.15, 0.2) is 0 Å². The Labute approximate surface area is 126 Å². The molecule has 3 rings (SSSR count). The van der Waals surface area contributed by atoms with Gasteiger partial charge in [0, 0.05) is 18.0 Å². The monoisotopic (exact) mass is 276 g/mol. The largest absolute Gasteiger partial charge is 0.299 e. The van der Waals surface area contributed by atoms with Gasteiger partial charge in [-0.25, -0.2) is 4.98 Å². The predicted molar refractivity (Wildman–Crippen MR) is 87.9 cm³/mol. The molecular weight excluding hydrogens is 256 g/mol. The van der Waals surface area contributed by atoms with Crippen LogP contribution in [0.5, 0.6) is 0 Å². The van der Waals surface area contributed by atoms with E-state index in [0.29, 0.717) is 0 Å². The van der Waals surface area contributed by atoms with Crippen LogP contribution in [0.2, 0.25) is 0 Å². The summed E-state index contributed by atoms with van der Waals surface area (Å²) < 4.78 is 2.20. The van der Waals surface area contributed by atoms with Crippen LogP contribution < -0.4 is 0 Å². The van der Waals surface area contributed by atoms with Gasteiger partial charge in [-0.05, 0) is 44.4 Å². The van der Waals surface area contributed by atoms with Gasteiger partial charge in [-0.3, -0.25) is 4.57 Å². The van der Waals surface area contributed by atoms with Gasteiger partial charge in [0.25, 0.3) is 0 Å². The summed E-state index contributed by atoms with van der Waals surface area (Å²) in [5, 5.41) is 0. The van der Waals surface area contributed by atoms with E-state index in [9.17, 15) is 0 Å². The maximum atomic E-state index is 4.59. The third-order valence-electron chi connectivity index (χ3n) is 3.90. The van der Waals surface area contributed by atoms with Crippen molar-refractivity contribution in [2.45, 2.75) is 27.7 Å². The summed E-state index contributed by atoms with van der Waals surface area (Å²) in [4.78, 5) is 4.59. The Morgan fingerprint density at radius 3 is 2.19 bits per heavy atom. The molecule has 2 aromatic carbocycles. The Hall–Kier alpha value is -2.35. The van der Waals surface area contributed by atoms with E-state index in [1.807, 2.05) is 12.4 Å². The van der Waals surface area contributed by atoms with Gasteiger partial charge in [0.2, 0.25) is 0 Å². The van der Waals surface area contributed by atoms with E-state index in [-0.39, 0.29) is 0 Å². The molecule has 0 atom stereocenters. The lowest BCUT2D eigenvalue weighted by atomic mass is 10.0. The number of aromatic nitrogens is 2. The molecule has 106 valence electrons. The van der Waals surface area contributed by atoms with E-state index in [1.165, 1.54) is 33.5 Å². The molecule has 0 N–H and O–H groups in total. The molecule has 0 aliphatic heterocycles. The van der Waals surface area contributed by atoms with Gasteiger partial charge in [-0.2, -0.15) is 0 Å². The highest BCUT2D eigenvalue weighted by atomic mass is 15.1. The van der Waals surface area contributed by atoms with Crippen LogP contribution in [0.25, 0.3) is 17.1 Å². The standard InChI is InChI=1S/C19H20N2/c1-13-11-15(3)18(16(4)12-13)21-10-9-20-19(21)17-8-6-5-7-14(17)2/h5-12H,1-4H3. The third kappa shape index (κ3) is 2.38. The normalized spacial score (nSPS) is 10.9. The third-order valence-corrected chi connectivity index (χ3v) is 3.90. The molecule has 0 fully saturated rings. The number of benzene rings is 2. The topological polar surface area (TPSA) is 17.8 Å². The molecular formula is C19H20N2. The lowest BCUT2D eigenvalue weighted by Gasteiger charge is -2.16. The van der Waals surface area contributed by atoms with E-state index in [4.69, 9.17) is 0 Å². The second-order valence-electron chi connectivity index (χ2n) is 5.68. The van der Waals surface area contributed by atoms with Crippen LogP contribution in [0.3, 0.4) is 0 Å². The first-order valence-corrected chi connectivity index (χ1v) is 7.25. The van der Waals surface area contributed by atoms with Crippen molar-refractivity contribution in [2.24, 2.45) is 0 Å². The molecule has 21 heavy (non-hydrogen) atoms. The van der Waals surface area contributed by atoms with Crippen LogP contribution in [0.4, 0.5) is 0 Å². The van der Waals surface area contributed by atoms with Crippen molar-refractivity contribution in [3.05, 3.63) is 71.0 Å². The average Bonchev–Trinajstić information content (AvgIpc) is 2.87. The summed E-state index contributed by atoms with van der Waals surface area (Å²) in [7, 11) is 0. The summed E-state index contributed by atoms with van der Waals surface area (Å²) >= 11 is 0. The highest BCUT2D eigenvalue weighted by Crippen LogP contribution is 2.28. The summed E-state index contributed by atoms with van der Waals surface area (Å²) in [6.45, 7) is 8.59. The molecule has 0 amide bonds. The maximum absolute atomic E-state index is 4.59. The van der Waals surface area contributed by atoms with Gasteiger partial charge >= 0.3 is 0 Å². The summed E-state index contributed by atoms with van der Waals surface area (Å²) in [5.41, 5.74) is 7.51. The van der Waals surface area contributed by atoms with E-state index in [0.717, 1.165) is 5.82 Å². The molecule has 0 aliphatic rings. The smallest absolute Gasteiger partial charge is 0.144 e. The fraction of sp³-hybridized carbons (Fsp3) is 0.211. The average molecular weight is 276 g/mol. The molecule has 1 heterocycles. The number of hydrogen-bond donors (Lipinski definition) is 0. The molecule has 0 bridgehead atoms. The highest BCUT2D eigenvalue weighted by molar-refractivity contribution is 5.64. The van der Waals surface area contributed by atoms with Crippen LogP contribution >= 0.6 is 0 Å². The number of hydrogen-bond acceptors (Lipinski definition) is 1. The van der Waals surface area contributed by atoms with Crippen molar-refractivity contribution in [3.8, 4) is 17.1 Å². The zero-order valence-corrected chi connectivity index (χ0v) is 13.0. The van der Waals surface area contributed by atoms with Crippen molar-refractivity contribution < 1.29 is 0 Å². The van der Waals surface area contributed by atoms with Gasteiger partial charge in [0.1, 0.15) is 5.82 Å². The number of nitrogens with zero attached hydrogens (tertiary/aromatic N) is 2. The zero-order valence-electron chi connectivity index (χ0n) is 13.0. The van der Waals surface area contributed by atoms with Crippen molar-refractivity contribution >= 4 is 0 Å². The zero-order chi connectivity index (χ0) is 15.0. The van der Waals surface area contributed by atoms with Crippen LogP contribution in [-0.2, 0) is 0 Å². The van der Waals surface area contributed by atoms with Crippen LogP contribution in [0.15, 0.2) is 48.8 Å². The Bertz CT molecular complexity index is 774. The first-order valence-electron chi connectivity index (χ1n) is 7.25. The highest BCUT2D eigenvalue weighted by Gasteiger charge is 2.13. The molecule has 0 spiro atoms. The second kappa shape index (κ2) is 5.21. The lowest BCUT2D eigenvalue weighted by Crippen LogP contribution is -2.03.